The summed E-state index contributed by atoms with van der Waals surface area (Å²) in [6.45, 7) is 5.36. The first-order valence-electron chi connectivity index (χ1n) is 5.89. The van der Waals surface area contributed by atoms with Crippen molar-refractivity contribution >= 4 is 17.4 Å². The highest BCUT2D eigenvalue weighted by atomic mass is 16.5. The van der Waals surface area contributed by atoms with Crippen molar-refractivity contribution in [2.45, 2.75) is 33.6 Å². The minimum absolute atomic E-state index is 0.0211. The third-order valence-corrected chi connectivity index (χ3v) is 2.94. The zero-order valence-electron chi connectivity index (χ0n) is 11.3. The summed E-state index contributed by atoms with van der Waals surface area (Å²) in [5, 5.41) is 2.81. The summed E-state index contributed by atoms with van der Waals surface area (Å²) in [4.78, 5) is 22.4. The summed E-state index contributed by atoms with van der Waals surface area (Å²) >= 11 is 0. The zero-order valence-corrected chi connectivity index (χ0v) is 11.3. The number of hydrogen-bond acceptors (Lipinski definition) is 3. The van der Waals surface area contributed by atoms with Crippen molar-refractivity contribution in [2.24, 2.45) is 0 Å². The van der Waals surface area contributed by atoms with Crippen LogP contribution in [0.15, 0.2) is 12.1 Å². The van der Waals surface area contributed by atoms with Gasteiger partial charge in [-0.15, -0.1) is 0 Å². The van der Waals surface area contributed by atoms with E-state index in [-0.39, 0.29) is 24.5 Å². The zero-order chi connectivity index (χ0) is 13.7. The largest absolute Gasteiger partial charge is 0.496 e. The van der Waals surface area contributed by atoms with E-state index in [1.165, 1.54) is 6.92 Å². The van der Waals surface area contributed by atoms with Crippen molar-refractivity contribution in [1.82, 2.24) is 0 Å². The second-order valence-corrected chi connectivity index (χ2v) is 4.32. The quantitative estimate of drug-likeness (QED) is 0.872. The molecule has 1 aromatic rings. The van der Waals surface area contributed by atoms with Crippen molar-refractivity contribution in [3.05, 3.63) is 23.3 Å². The SMILES string of the molecule is COc1ccc(NC(=O)CCC(C)=O)c(C)c1C. The van der Waals surface area contributed by atoms with Crippen LogP contribution < -0.4 is 10.1 Å². The van der Waals surface area contributed by atoms with Crippen LogP contribution in [0.2, 0.25) is 0 Å². The molecule has 1 amide bonds. The first kappa shape index (κ1) is 14.2. The van der Waals surface area contributed by atoms with E-state index in [1.807, 2.05) is 26.0 Å². The van der Waals surface area contributed by atoms with Gasteiger partial charge in [-0.3, -0.25) is 4.79 Å². The Morgan fingerprint density at radius 3 is 2.39 bits per heavy atom. The molecule has 0 bridgehead atoms. The average molecular weight is 249 g/mol. The van der Waals surface area contributed by atoms with Gasteiger partial charge in [0.1, 0.15) is 11.5 Å². The number of rotatable bonds is 5. The van der Waals surface area contributed by atoms with Crippen LogP contribution in [0.4, 0.5) is 5.69 Å². The van der Waals surface area contributed by atoms with E-state index in [1.54, 1.807) is 7.11 Å². The number of hydrogen-bond donors (Lipinski definition) is 1. The number of carbonyl (C=O) groups is 2. The van der Waals surface area contributed by atoms with Crippen LogP contribution in [-0.4, -0.2) is 18.8 Å². The Labute approximate surface area is 107 Å². The lowest BCUT2D eigenvalue weighted by Gasteiger charge is -2.13. The number of carbonyl (C=O) groups excluding carboxylic acids is 2. The lowest BCUT2D eigenvalue weighted by Crippen LogP contribution is -2.13. The van der Waals surface area contributed by atoms with E-state index in [4.69, 9.17) is 4.74 Å². The molecule has 0 unspecified atom stereocenters. The van der Waals surface area contributed by atoms with Gasteiger partial charge in [-0.1, -0.05) is 0 Å². The fourth-order valence-corrected chi connectivity index (χ4v) is 1.65. The Bertz CT molecular complexity index is 466. The summed E-state index contributed by atoms with van der Waals surface area (Å²) in [5.74, 6) is 0.680. The number of ether oxygens (including phenoxy) is 1. The topological polar surface area (TPSA) is 55.4 Å². The van der Waals surface area contributed by atoms with Crippen molar-refractivity contribution in [3.63, 3.8) is 0 Å². The van der Waals surface area contributed by atoms with Gasteiger partial charge < -0.3 is 14.8 Å². The van der Waals surface area contributed by atoms with Gasteiger partial charge in [0.25, 0.3) is 0 Å². The predicted molar refractivity (Wildman–Crippen MR) is 71.0 cm³/mol. The number of Topliss-reactive ketones (excluding diaryl/α,β-unsaturated/α-hetero) is 1. The Morgan fingerprint density at radius 1 is 1.17 bits per heavy atom. The summed E-state index contributed by atoms with van der Waals surface area (Å²) in [6.07, 6.45) is 0.500. The molecule has 0 radical (unpaired) electrons. The number of anilines is 1. The summed E-state index contributed by atoms with van der Waals surface area (Å²) < 4.78 is 5.21. The fraction of sp³-hybridized carbons (Fsp3) is 0.429. The van der Waals surface area contributed by atoms with E-state index in [9.17, 15) is 9.59 Å². The highest BCUT2D eigenvalue weighted by molar-refractivity contribution is 5.94. The molecule has 1 rings (SSSR count). The minimum Gasteiger partial charge on any atom is -0.496 e. The molecule has 4 heteroatoms. The molecule has 0 aliphatic carbocycles. The monoisotopic (exact) mass is 249 g/mol. The molecule has 1 N–H and O–H groups in total. The van der Waals surface area contributed by atoms with Gasteiger partial charge in [0.15, 0.2) is 0 Å². The Kier molecular flexibility index (Phi) is 4.89. The van der Waals surface area contributed by atoms with Crippen LogP contribution in [0.3, 0.4) is 0 Å². The molecule has 98 valence electrons. The van der Waals surface area contributed by atoms with Crippen LogP contribution in [0.1, 0.15) is 30.9 Å². The van der Waals surface area contributed by atoms with Gasteiger partial charge in [0.2, 0.25) is 5.91 Å². The number of ketones is 1. The molecule has 0 atom stereocenters. The lowest BCUT2D eigenvalue weighted by molar-refractivity contribution is -0.121. The number of amides is 1. The molecule has 0 saturated heterocycles. The number of benzene rings is 1. The van der Waals surface area contributed by atoms with E-state index >= 15 is 0 Å². The third-order valence-electron chi connectivity index (χ3n) is 2.94. The molecule has 4 nitrogen and oxygen atoms in total. The molecule has 0 spiro atoms. The molecule has 0 saturated carbocycles. The Hall–Kier alpha value is -1.84. The van der Waals surface area contributed by atoms with Crippen LogP contribution in [0.5, 0.6) is 5.75 Å². The maximum atomic E-state index is 11.6. The standard InChI is InChI=1S/C14H19NO3/c1-9(16)5-8-14(17)15-12-6-7-13(18-4)11(3)10(12)2/h6-7H,5,8H2,1-4H3,(H,15,17). The van der Waals surface area contributed by atoms with Crippen molar-refractivity contribution in [1.29, 1.82) is 0 Å². The molecule has 18 heavy (non-hydrogen) atoms. The molecule has 0 fully saturated rings. The first-order chi connectivity index (χ1) is 8.45. The van der Waals surface area contributed by atoms with E-state index in [0.717, 1.165) is 22.6 Å². The summed E-state index contributed by atoms with van der Waals surface area (Å²) in [6, 6.07) is 3.63. The molecule has 0 aromatic heterocycles. The maximum Gasteiger partial charge on any atom is 0.224 e. The fourth-order valence-electron chi connectivity index (χ4n) is 1.65. The number of nitrogens with one attached hydrogen (secondary N) is 1. The average Bonchev–Trinajstić information content (AvgIpc) is 2.33. The lowest BCUT2D eigenvalue weighted by atomic mass is 10.1. The van der Waals surface area contributed by atoms with Gasteiger partial charge in [0, 0.05) is 18.5 Å². The van der Waals surface area contributed by atoms with Gasteiger partial charge in [-0.25, -0.2) is 0 Å². The second kappa shape index (κ2) is 6.19. The van der Waals surface area contributed by atoms with Crippen molar-refractivity contribution in [2.75, 3.05) is 12.4 Å². The van der Waals surface area contributed by atoms with Crippen LogP contribution in [0.25, 0.3) is 0 Å². The molecule has 0 aliphatic rings. The minimum atomic E-state index is -0.141. The van der Waals surface area contributed by atoms with Crippen molar-refractivity contribution in [3.8, 4) is 5.75 Å². The first-order valence-corrected chi connectivity index (χ1v) is 5.89. The highest BCUT2D eigenvalue weighted by Crippen LogP contribution is 2.27. The molecular formula is C14H19NO3. The molecule has 1 aromatic carbocycles. The smallest absolute Gasteiger partial charge is 0.224 e. The van der Waals surface area contributed by atoms with E-state index in [2.05, 4.69) is 5.32 Å². The summed E-state index contributed by atoms with van der Waals surface area (Å²) in [5.41, 5.74) is 2.74. The molecule has 0 heterocycles. The normalized spacial score (nSPS) is 10.0. The Balaban J connectivity index is 2.76. The van der Waals surface area contributed by atoms with Gasteiger partial charge in [-0.2, -0.15) is 0 Å². The van der Waals surface area contributed by atoms with Gasteiger partial charge in [0.05, 0.1) is 7.11 Å². The van der Waals surface area contributed by atoms with Gasteiger partial charge in [-0.05, 0) is 44.0 Å². The summed E-state index contributed by atoms with van der Waals surface area (Å²) in [7, 11) is 1.62. The van der Waals surface area contributed by atoms with Gasteiger partial charge >= 0.3 is 0 Å². The number of methoxy groups -OCH3 is 1. The van der Waals surface area contributed by atoms with Crippen LogP contribution in [0, 0.1) is 13.8 Å². The van der Waals surface area contributed by atoms with E-state index in [0.29, 0.717) is 0 Å². The predicted octanol–water partition coefficient (Wildman–Crippen LogP) is 2.62. The van der Waals surface area contributed by atoms with Crippen molar-refractivity contribution < 1.29 is 14.3 Å². The molecule has 0 aliphatic heterocycles. The molecular weight excluding hydrogens is 230 g/mol. The van der Waals surface area contributed by atoms with E-state index < -0.39 is 0 Å². The maximum absolute atomic E-state index is 11.6. The Morgan fingerprint density at radius 2 is 1.83 bits per heavy atom. The third kappa shape index (κ3) is 3.58. The highest BCUT2D eigenvalue weighted by Gasteiger charge is 2.09. The van der Waals surface area contributed by atoms with Crippen LogP contribution in [-0.2, 0) is 9.59 Å². The second-order valence-electron chi connectivity index (χ2n) is 4.32. The van der Waals surface area contributed by atoms with Crippen LogP contribution >= 0.6 is 0 Å².